The molecule has 1 rings (SSSR count). The van der Waals surface area contributed by atoms with E-state index in [2.05, 4.69) is 4.74 Å². The smallest absolute Gasteiger partial charge is 0.748 e. The van der Waals surface area contributed by atoms with Crippen LogP contribution in [0.3, 0.4) is 0 Å². The van der Waals surface area contributed by atoms with Crippen molar-refractivity contribution in [1.29, 1.82) is 0 Å². The predicted octanol–water partition coefficient (Wildman–Crippen LogP) is -4.07. The first-order valence-corrected chi connectivity index (χ1v) is 3.71. The minimum atomic E-state index is -4.04. The van der Waals surface area contributed by atoms with Crippen LogP contribution in [0.25, 0.3) is 0 Å². The van der Waals surface area contributed by atoms with Crippen LogP contribution in [0.5, 0.6) is 0 Å². The third kappa shape index (κ3) is 5.32. The maximum Gasteiger partial charge on any atom is 1.00 e. The Morgan fingerprint density at radius 1 is 1.67 bits per heavy atom. The van der Waals surface area contributed by atoms with Gasteiger partial charge in [-0.25, -0.2) is 8.42 Å². The van der Waals surface area contributed by atoms with Gasteiger partial charge in [0, 0.05) is 0 Å². The molecular formula is C3H5NaO4S. The van der Waals surface area contributed by atoms with Crippen molar-refractivity contribution < 1.29 is 47.3 Å². The van der Waals surface area contributed by atoms with Crippen molar-refractivity contribution in [3.63, 3.8) is 0 Å². The number of ether oxygens (including phenoxy) is 1. The van der Waals surface area contributed by atoms with E-state index in [0.29, 0.717) is 6.61 Å². The topological polar surface area (TPSA) is 69.7 Å². The third-order valence-corrected chi connectivity index (χ3v) is 1.57. The molecule has 0 amide bonds. The van der Waals surface area contributed by atoms with E-state index in [1.54, 1.807) is 0 Å². The van der Waals surface area contributed by atoms with Crippen LogP contribution in [-0.4, -0.2) is 31.4 Å². The predicted molar refractivity (Wildman–Crippen MR) is 24.3 cm³/mol. The first kappa shape index (κ1) is 9.87. The summed E-state index contributed by atoms with van der Waals surface area (Å²) in [6.45, 7) is 0.418. The molecule has 0 spiro atoms. The van der Waals surface area contributed by atoms with Gasteiger partial charge < -0.3 is 9.29 Å². The largest absolute Gasteiger partial charge is 1.00 e. The van der Waals surface area contributed by atoms with Gasteiger partial charge in [0.15, 0.2) is 0 Å². The van der Waals surface area contributed by atoms with E-state index in [1.165, 1.54) is 0 Å². The Hall–Kier alpha value is 0.870. The number of rotatable bonds is 2. The summed E-state index contributed by atoms with van der Waals surface area (Å²) in [6, 6.07) is 0. The fourth-order valence-electron chi connectivity index (χ4n) is 0.392. The van der Waals surface area contributed by atoms with Crippen LogP contribution in [0.15, 0.2) is 0 Å². The van der Waals surface area contributed by atoms with Crippen molar-refractivity contribution in [3.8, 4) is 0 Å². The molecule has 0 bridgehead atoms. The van der Waals surface area contributed by atoms with Gasteiger partial charge in [0.1, 0.15) is 0 Å². The zero-order chi connectivity index (χ0) is 6.20. The molecule has 0 aliphatic carbocycles. The first-order chi connectivity index (χ1) is 3.58. The fourth-order valence-corrected chi connectivity index (χ4v) is 1.04. The molecule has 1 unspecified atom stereocenters. The Kier molecular flexibility index (Phi) is 3.64. The molecule has 0 radical (unpaired) electrons. The molecule has 0 aromatic heterocycles. The summed E-state index contributed by atoms with van der Waals surface area (Å²) in [5, 5.41) is 0. The second-order valence-electron chi connectivity index (χ2n) is 1.68. The summed E-state index contributed by atoms with van der Waals surface area (Å²) in [4.78, 5) is 0. The second-order valence-corrected chi connectivity index (χ2v) is 3.13. The maximum atomic E-state index is 9.85. The standard InChI is InChI=1S/C3H6O4S.Na/c4-8(5,6)2-3-1-7-3;/h3H,1-2H2,(H,4,5,6);/q;+1/p-1. The molecule has 6 heteroatoms. The van der Waals surface area contributed by atoms with Crippen LogP contribution in [0.1, 0.15) is 0 Å². The van der Waals surface area contributed by atoms with Gasteiger partial charge in [0.25, 0.3) is 0 Å². The average Bonchev–Trinajstić information content (AvgIpc) is 2.12. The summed E-state index contributed by atoms with van der Waals surface area (Å²) < 4.78 is 34.0. The van der Waals surface area contributed by atoms with E-state index < -0.39 is 10.1 Å². The molecule has 1 saturated heterocycles. The van der Waals surface area contributed by atoms with E-state index >= 15 is 0 Å². The zero-order valence-corrected chi connectivity index (χ0v) is 7.85. The Labute approximate surface area is 75.6 Å². The quantitative estimate of drug-likeness (QED) is 0.234. The Morgan fingerprint density at radius 2 is 2.11 bits per heavy atom. The van der Waals surface area contributed by atoms with Gasteiger partial charge in [0.2, 0.25) is 0 Å². The Bertz CT molecular complexity index is 170. The van der Waals surface area contributed by atoms with Crippen LogP contribution in [-0.2, 0) is 14.9 Å². The van der Waals surface area contributed by atoms with Crippen LogP contribution < -0.4 is 29.6 Å². The minimum Gasteiger partial charge on any atom is -0.748 e. The molecule has 4 nitrogen and oxygen atoms in total. The van der Waals surface area contributed by atoms with Crippen LogP contribution in [0, 0.1) is 0 Å². The Morgan fingerprint density at radius 3 is 2.22 bits per heavy atom. The zero-order valence-electron chi connectivity index (χ0n) is 5.03. The average molecular weight is 160 g/mol. The summed E-state index contributed by atoms with van der Waals surface area (Å²) >= 11 is 0. The molecule has 48 valence electrons. The van der Waals surface area contributed by atoms with Crippen molar-refractivity contribution in [2.24, 2.45) is 0 Å². The molecule has 1 atom stereocenters. The fraction of sp³-hybridized carbons (Fsp3) is 1.00. The molecule has 1 aliphatic heterocycles. The van der Waals surface area contributed by atoms with Crippen LogP contribution >= 0.6 is 0 Å². The molecule has 0 N–H and O–H groups in total. The normalized spacial score (nSPS) is 24.8. The Balaban J connectivity index is 0.000000640. The molecular weight excluding hydrogens is 155 g/mol. The van der Waals surface area contributed by atoms with E-state index in [4.69, 9.17) is 0 Å². The van der Waals surface area contributed by atoms with Gasteiger partial charge in [-0.05, 0) is 0 Å². The minimum absolute atomic E-state index is 0. The van der Waals surface area contributed by atoms with Crippen molar-refractivity contribution in [2.75, 3.05) is 12.4 Å². The van der Waals surface area contributed by atoms with Gasteiger partial charge in [-0.2, -0.15) is 0 Å². The second kappa shape index (κ2) is 3.32. The summed E-state index contributed by atoms with van der Waals surface area (Å²) in [5.74, 6) is -0.368. The van der Waals surface area contributed by atoms with Gasteiger partial charge in [0.05, 0.1) is 28.6 Å². The van der Waals surface area contributed by atoms with Crippen LogP contribution in [0.4, 0.5) is 0 Å². The van der Waals surface area contributed by atoms with E-state index in [9.17, 15) is 13.0 Å². The molecule has 9 heavy (non-hydrogen) atoms. The monoisotopic (exact) mass is 160 g/mol. The number of epoxide rings is 1. The number of hydrogen-bond acceptors (Lipinski definition) is 4. The van der Waals surface area contributed by atoms with Gasteiger partial charge in [-0.3, -0.25) is 0 Å². The summed E-state index contributed by atoms with van der Waals surface area (Å²) in [5.41, 5.74) is 0. The van der Waals surface area contributed by atoms with Crippen molar-refractivity contribution in [3.05, 3.63) is 0 Å². The van der Waals surface area contributed by atoms with Crippen LogP contribution in [0.2, 0.25) is 0 Å². The third-order valence-electron chi connectivity index (χ3n) is 0.792. The van der Waals surface area contributed by atoms with Gasteiger partial charge in [-0.1, -0.05) is 0 Å². The van der Waals surface area contributed by atoms with E-state index in [1.807, 2.05) is 0 Å². The molecule has 0 aromatic carbocycles. The molecule has 0 aromatic rings. The first-order valence-electron chi connectivity index (χ1n) is 2.13. The van der Waals surface area contributed by atoms with E-state index in [-0.39, 0.29) is 41.4 Å². The maximum absolute atomic E-state index is 9.85. The van der Waals surface area contributed by atoms with Crippen molar-refractivity contribution in [1.82, 2.24) is 0 Å². The van der Waals surface area contributed by atoms with Crippen molar-refractivity contribution in [2.45, 2.75) is 6.10 Å². The summed E-state index contributed by atoms with van der Waals surface area (Å²) in [7, 11) is -4.04. The van der Waals surface area contributed by atoms with Gasteiger partial charge in [-0.15, -0.1) is 0 Å². The molecule has 1 heterocycles. The number of hydrogen-bond donors (Lipinski definition) is 0. The SMILES string of the molecule is O=S(=O)([O-])CC1CO1.[Na+]. The summed E-state index contributed by atoms with van der Waals surface area (Å²) in [6.07, 6.45) is -0.308. The molecule has 1 aliphatic rings. The van der Waals surface area contributed by atoms with Crippen molar-refractivity contribution >= 4 is 10.1 Å². The van der Waals surface area contributed by atoms with E-state index in [0.717, 1.165) is 0 Å². The van der Waals surface area contributed by atoms with Gasteiger partial charge >= 0.3 is 29.6 Å². The molecule has 1 fully saturated rings. The molecule has 0 saturated carbocycles.